The van der Waals surface area contributed by atoms with Crippen LogP contribution < -0.4 is 4.90 Å². The van der Waals surface area contributed by atoms with E-state index in [1.54, 1.807) is 24.1 Å². The maximum Gasteiger partial charge on any atom is 0.240 e. The second-order valence-electron chi connectivity index (χ2n) is 8.67. The van der Waals surface area contributed by atoms with E-state index < -0.39 is 11.4 Å². The topological polar surface area (TPSA) is 74.4 Å². The third-order valence-electron chi connectivity index (χ3n) is 6.95. The molecule has 1 saturated carbocycles. The van der Waals surface area contributed by atoms with Crippen LogP contribution in [0.5, 0.6) is 0 Å². The molecule has 1 unspecified atom stereocenters. The Bertz CT molecular complexity index is 857. The van der Waals surface area contributed by atoms with Crippen molar-refractivity contribution < 1.29 is 9.18 Å². The Hall–Kier alpha value is -2.64. The van der Waals surface area contributed by atoms with Crippen molar-refractivity contribution in [1.29, 1.82) is 10.5 Å². The molecule has 1 heterocycles. The Balaban J connectivity index is 1.64. The molecular weight excluding hydrogens is 381 g/mol. The van der Waals surface area contributed by atoms with E-state index >= 15 is 0 Å². The van der Waals surface area contributed by atoms with Crippen molar-refractivity contribution in [1.82, 2.24) is 9.80 Å². The van der Waals surface area contributed by atoms with Crippen LogP contribution in [0.15, 0.2) is 18.2 Å². The van der Waals surface area contributed by atoms with Gasteiger partial charge in [-0.25, -0.2) is 4.39 Å². The molecule has 1 aliphatic carbocycles. The molecule has 30 heavy (non-hydrogen) atoms. The van der Waals surface area contributed by atoms with E-state index in [9.17, 15) is 19.7 Å². The van der Waals surface area contributed by atoms with Gasteiger partial charge < -0.3 is 9.80 Å². The zero-order valence-electron chi connectivity index (χ0n) is 18.1. The van der Waals surface area contributed by atoms with Crippen LogP contribution in [0.25, 0.3) is 0 Å². The maximum absolute atomic E-state index is 13.9. The third-order valence-corrected chi connectivity index (χ3v) is 6.95. The fraction of sp³-hybridized carbons (Fsp3) is 0.609. The number of carbonyl (C=O) groups is 1. The number of nitriles is 2. The molecule has 1 aromatic carbocycles. The van der Waals surface area contributed by atoms with Crippen LogP contribution in [-0.4, -0.2) is 60.5 Å². The highest BCUT2D eigenvalue weighted by molar-refractivity contribution is 5.82. The Morgan fingerprint density at radius 2 is 1.87 bits per heavy atom. The molecular formula is C23H30FN5O. The van der Waals surface area contributed by atoms with Crippen molar-refractivity contribution in [3.8, 4) is 12.1 Å². The number of rotatable bonds is 4. The van der Waals surface area contributed by atoms with Gasteiger partial charge in [0.05, 0.1) is 17.8 Å². The lowest BCUT2D eigenvalue weighted by molar-refractivity contribution is -0.140. The number of nitrogens with zero attached hydrogens (tertiary/aromatic N) is 5. The third kappa shape index (κ3) is 4.13. The van der Waals surface area contributed by atoms with Gasteiger partial charge in [-0.05, 0) is 50.7 Å². The second kappa shape index (κ2) is 9.02. The minimum Gasteiger partial charge on any atom is -0.368 e. The molecule has 0 spiro atoms. The normalized spacial score (nSPS) is 25.8. The summed E-state index contributed by atoms with van der Waals surface area (Å²) in [6.45, 7) is 6.59. The van der Waals surface area contributed by atoms with Crippen molar-refractivity contribution in [3.05, 3.63) is 29.6 Å². The molecule has 1 aliphatic heterocycles. The minimum absolute atomic E-state index is 0.0250. The van der Waals surface area contributed by atoms with Gasteiger partial charge in [-0.15, -0.1) is 0 Å². The molecule has 160 valence electrons. The van der Waals surface area contributed by atoms with Gasteiger partial charge in [0.15, 0.2) is 0 Å². The first-order chi connectivity index (χ1) is 14.3. The molecule has 0 bridgehead atoms. The van der Waals surface area contributed by atoms with E-state index in [1.165, 1.54) is 6.07 Å². The molecule has 2 fully saturated rings. The van der Waals surface area contributed by atoms with Crippen LogP contribution in [-0.2, 0) is 4.79 Å². The van der Waals surface area contributed by atoms with Gasteiger partial charge in [0, 0.05) is 33.2 Å². The first-order valence-corrected chi connectivity index (χ1v) is 10.7. The van der Waals surface area contributed by atoms with Gasteiger partial charge >= 0.3 is 0 Å². The SMILES string of the molecule is CC1CCC(C#N)(N(C)C(=O)C(C)N2CCN(c3cccc(F)c3C#N)CC2)CC1. The van der Waals surface area contributed by atoms with Gasteiger partial charge in [-0.2, -0.15) is 10.5 Å². The predicted octanol–water partition coefficient (Wildman–Crippen LogP) is 3.14. The zero-order chi connectivity index (χ0) is 21.9. The van der Waals surface area contributed by atoms with Crippen molar-refractivity contribution >= 4 is 11.6 Å². The maximum atomic E-state index is 13.9. The van der Waals surface area contributed by atoms with Crippen LogP contribution >= 0.6 is 0 Å². The van der Waals surface area contributed by atoms with Crippen LogP contribution in [0.2, 0.25) is 0 Å². The molecule has 2 aliphatic rings. The standard InChI is InChI=1S/C23H30FN5O/c1-17-7-9-23(16-26,10-8-17)27(3)22(30)18(2)28-11-13-29(14-12-28)21-6-4-5-20(24)19(21)15-25/h4-6,17-18H,7-14H2,1-3H3. The fourth-order valence-corrected chi connectivity index (χ4v) is 4.65. The van der Waals surface area contributed by atoms with Gasteiger partial charge in [0.1, 0.15) is 23.0 Å². The molecule has 0 aromatic heterocycles. The van der Waals surface area contributed by atoms with Gasteiger partial charge in [-0.1, -0.05) is 13.0 Å². The number of anilines is 1. The quantitative estimate of drug-likeness (QED) is 0.761. The van der Waals surface area contributed by atoms with E-state index in [0.29, 0.717) is 37.8 Å². The number of piperazine rings is 1. The predicted molar refractivity (Wildman–Crippen MR) is 113 cm³/mol. The summed E-state index contributed by atoms with van der Waals surface area (Å²) < 4.78 is 13.9. The molecule has 6 nitrogen and oxygen atoms in total. The van der Waals surface area contributed by atoms with Crippen molar-refractivity contribution in [3.63, 3.8) is 0 Å². The summed E-state index contributed by atoms with van der Waals surface area (Å²) in [4.78, 5) is 19.0. The Labute approximate surface area is 178 Å². The largest absolute Gasteiger partial charge is 0.368 e. The van der Waals surface area contributed by atoms with Crippen LogP contribution in [0.1, 0.15) is 45.1 Å². The van der Waals surface area contributed by atoms with Crippen LogP contribution in [0.3, 0.4) is 0 Å². The number of benzene rings is 1. The molecule has 0 N–H and O–H groups in total. The average molecular weight is 412 g/mol. The molecule has 3 rings (SSSR count). The summed E-state index contributed by atoms with van der Waals surface area (Å²) in [7, 11) is 1.76. The summed E-state index contributed by atoms with van der Waals surface area (Å²) in [5.41, 5.74) is -0.0338. The number of hydrogen-bond acceptors (Lipinski definition) is 5. The highest BCUT2D eigenvalue weighted by Gasteiger charge is 2.42. The van der Waals surface area contributed by atoms with E-state index in [0.717, 1.165) is 25.7 Å². The number of amides is 1. The lowest BCUT2D eigenvalue weighted by atomic mass is 9.77. The number of likely N-dealkylation sites (N-methyl/N-ethyl adjacent to an activating group) is 1. The Kier molecular flexibility index (Phi) is 6.63. The lowest BCUT2D eigenvalue weighted by Gasteiger charge is -2.44. The summed E-state index contributed by atoms with van der Waals surface area (Å²) in [5, 5.41) is 19.1. The fourth-order valence-electron chi connectivity index (χ4n) is 4.65. The molecule has 1 saturated heterocycles. The van der Waals surface area contributed by atoms with Crippen molar-refractivity contribution in [2.75, 3.05) is 38.1 Å². The van der Waals surface area contributed by atoms with Crippen LogP contribution in [0.4, 0.5) is 10.1 Å². The molecule has 1 aromatic rings. The van der Waals surface area contributed by atoms with Gasteiger partial charge in [0.2, 0.25) is 5.91 Å². The smallest absolute Gasteiger partial charge is 0.240 e. The minimum atomic E-state index is -0.705. The lowest BCUT2D eigenvalue weighted by Crippen LogP contribution is -2.58. The van der Waals surface area contributed by atoms with Crippen molar-refractivity contribution in [2.45, 2.75) is 51.1 Å². The monoisotopic (exact) mass is 411 g/mol. The number of halogens is 1. The molecule has 1 atom stereocenters. The summed E-state index contributed by atoms with van der Waals surface area (Å²) in [6, 6.07) is 8.74. The highest BCUT2D eigenvalue weighted by Crippen LogP contribution is 2.36. The number of hydrogen-bond donors (Lipinski definition) is 0. The van der Waals surface area contributed by atoms with Gasteiger partial charge in [0.25, 0.3) is 0 Å². The summed E-state index contributed by atoms with van der Waals surface area (Å²) >= 11 is 0. The number of carbonyl (C=O) groups excluding carboxylic acids is 1. The molecule has 0 radical (unpaired) electrons. The Morgan fingerprint density at radius 3 is 2.43 bits per heavy atom. The average Bonchev–Trinajstić information content (AvgIpc) is 2.78. The summed E-state index contributed by atoms with van der Waals surface area (Å²) in [6.07, 6.45) is 3.38. The molecule has 1 amide bonds. The Morgan fingerprint density at radius 1 is 1.23 bits per heavy atom. The van der Waals surface area contributed by atoms with Gasteiger partial charge in [-0.3, -0.25) is 9.69 Å². The highest BCUT2D eigenvalue weighted by atomic mass is 19.1. The van der Waals surface area contributed by atoms with E-state index in [4.69, 9.17) is 0 Å². The van der Waals surface area contributed by atoms with E-state index in [1.807, 2.05) is 17.9 Å². The first kappa shape index (κ1) is 22.1. The van der Waals surface area contributed by atoms with Crippen LogP contribution in [0, 0.1) is 34.4 Å². The van der Waals surface area contributed by atoms with E-state index in [-0.39, 0.29) is 17.5 Å². The first-order valence-electron chi connectivity index (χ1n) is 10.7. The van der Waals surface area contributed by atoms with Crippen molar-refractivity contribution in [2.24, 2.45) is 5.92 Å². The second-order valence-corrected chi connectivity index (χ2v) is 8.67. The zero-order valence-corrected chi connectivity index (χ0v) is 18.1. The molecule has 7 heteroatoms. The van der Waals surface area contributed by atoms with E-state index in [2.05, 4.69) is 17.9 Å². The summed E-state index contributed by atoms with van der Waals surface area (Å²) in [5.74, 6) is 0.0656.